The van der Waals surface area contributed by atoms with Crippen molar-refractivity contribution in [2.24, 2.45) is 5.92 Å². The van der Waals surface area contributed by atoms with Gasteiger partial charge in [-0.25, -0.2) is 13.2 Å². The predicted molar refractivity (Wildman–Crippen MR) is 101 cm³/mol. The Kier molecular flexibility index (Phi) is 5.72. The normalized spacial score (nSPS) is 26.5. The molecular formula is C18H27N3O4S. The molecule has 0 saturated carbocycles. The first-order valence-corrected chi connectivity index (χ1v) is 10.8. The van der Waals surface area contributed by atoms with Gasteiger partial charge in [0.05, 0.1) is 17.1 Å². The lowest BCUT2D eigenvalue weighted by Crippen LogP contribution is -2.40. The molecule has 7 nitrogen and oxygen atoms in total. The van der Waals surface area contributed by atoms with Gasteiger partial charge in [-0.2, -0.15) is 0 Å². The van der Waals surface area contributed by atoms with Gasteiger partial charge in [0, 0.05) is 44.9 Å². The number of fused-ring (bicyclic) bond motifs is 1. The van der Waals surface area contributed by atoms with Gasteiger partial charge in [0.1, 0.15) is 0 Å². The van der Waals surface area contributed by atoms with Crippen molar-refractivity contribution in [3.8, 4) is 0 Å². The summed E-state index contributed by atoms with van der Waals surface area (Å²) in [7, 11) is -1.65. The van der Waals surface area contributed by atoms with Crippen LogP contribution in [0.5, 0.6) is 0 Å². The molecule has 2 saturated heterocycles. The molecule has 2 aliphatic rings. The summed E-state index contributed by atoms with van der Waals surface area (Å²) in [6, 6.07) is 7.71. The van der Waals surface area contributed by atoms with E-state index in [-0.39, 0.29) is 30.4 Å². The topological polar surface area (TPSA) is 87.7 Å². The molecule has 1 aromatic rings. The standard InChI is InChI=1S/C18H27N3O4S/c1-3-8-19-14-6-4-13(5-7-14)9-20-18(22)21-10-15-16(25-2)12-26(23,24)17(15)11-21/h4-7,15-17,19H,3,8-12H2,1-2H3,(H,20,22)/t15-,16+,17-/m1/s1. The first-order chi connectivity index (χ1) is 12.4. The lowest BCUT2D eigenvalue weighted by molar-refractivity contribution is 0.0821. The molecule has 8 heteroatoms. The molecule has 2 aliphatic heterocycles. The molecular weight excluding hydrogens is 354 g/mol. The Labute approximate surface area is 155 Å². The number of likely N-dealkylation sites (tertiary alicyclic amines) is 1. The highest BCUT2D eigenvalue weighted by atomic mass is 32.2. The minimum Gasteiger partial charge on any atom is -0.385 e. The summed E-state index contributed by atoms with van der Waals surface area (Å²) < 4.78 is 29.8. The van der Waals surface area contributed by atoms with Crippen molar-refractivity contribution in [1.29, 1.82) is 0 Å². The van der Waals surface area contributed by atoms with Crippen LogP contribution < -0.4 is 10.6 Å². The average Bonchev–Trinajstić information content (AvgIpc) is 3.18. The minimum atomic E-state index is -3.18. The van der Waals surface area contributed by atoms with Gasteiger partial charge in [0.15, 0.2) is 9.84 Å². The molecule has 2 fully saturated rings. The number of nitrogens with zero attached hydrogens (tertiary/aromatic N) is 1. The number of anilines is 1. The second-order valence-corrected chi connectivity index (χ2v) is 9.26. The second kappa shape index (κ2) is 7.84. The molecule has 1 aromatic carbocycles. The van der Waals surface area contributed by atoms with Crippen molar-refractivity contribution in [3.05, 3.63) is 29.8 Å². The van der Waals surface area contributed by atoms with Crippen molar-refractivity contribution < 1.29 is 17.9 Å². The van der Waals surface area contributed by atoms with E-state index in [2.05, 4.69) is 17.6 Å². The van der Waals surface area contributed by atoms with E-state index < -0.39 is 15.1 Å². The summed E-state index contributed by atoms with van der Waals surface area (Å²) in [5, 5.41) is 5.69. The number of ether oxygens (including phenoxy) is 1. The number of carbonyl (C=O) groups is 1. The maximum atomic E-state index is 12.4. The number of hydrogen-bond acceptors (Lipinski definition) is 5. The number of benzene rings is 1. The lowest BCUT2D eigenvalue weighted by Gasteiger charge is -2.20. The van der Waals surface area contributed by atoms with Crippen LogP contribution in [-0.4, -0.2) is 63.2 Å². The Morgan fingerprint density at radius 2 is 2.00 bits per heavy atom. The van der Waals surface area contributed by atoms with E-state index in [9.17, 15) is 13.2 Å². The Balaban J connectivity index is 1.53. The highest BCUT2D eigenvalue weighted by Crippen LogP contribution is 2.35. The largest absolute Gasteiger partial charge is 0.385 e. The maximum absolute atomic E-state index is 12.4. The van der Waals surface area contributed by atoms with Crippen molar-refractivity contribution in [3.63, 3.8) is 0 Å². The third-order valence-electron chi connectivity index (χ3n) is 5.21. The number of methoxy groups -OCH3 is 1. The summed E-state index contributed by atoms with van der Waals surface area (Å²) in [6.45, 7) is 4.13. The monoisotopic (exact) mass is 381 g/mol. The molecule has 2 N–H and O–H groups in total. The van der Waals surface area contributed by atoms with Gasteiger partial charge in [-0.1, -0.05) is 19.1 Å². The van der Waals surface area contributed by atoms with Gasteiger partial charge < -0.3 is 20.3 Å². The molecule has 3 rings (SSSR count). The van der Waals surface area contributed by atoms with Crippen molar-refractivity contribution in [2.75, 3.05) is 37.8 Å². The first kappa shape index (κ1) is 19.0. The summed E-state index contributed by atoms with van der Waals surface area (Å²) in [6.07, 6.45) is 0.751. The fourth-order valence-corrected chi connectivity index (χ4v) is 6.01. The van der Waals surface area contributed by atoms with Gasteiger partial charge in [-0.3, -0.25) is 0 Å². The SMILES string of the molecule is CCCNc1ccc(CNC(=O)N2C[C@@H]3[C@@H](OC)CS(=O)(=O)[C@@H]3C2)cc1. The molecule has 0 bridgehead atoms. The van der Waals surface area contributed by atoms with Crippen LogP contribution in [0, 0.1) is 5.92 Å². The molecule has 2 amide bonds. The van der Waals surface area contributed by atoms with E-state index in [0.717, 1.165) is 24.2 Å². The average molecular weight is 381 g/mol. The predicted octanol–water partition coefficient (Wildman–Crippen LogP) is 1.46. The smallest absolute Gasteiger partial charge is 0.317 e. The zero-order chi connectivity index (χ0) is 18.7. The maximum Gasteiger partial charge on any atom is 0.317 e. The lowest BCUT2D eigenvalue weighted by atomic mass is 10.0. The number of carbonyl (C=O) groups excluding carboxylic acids is 1. The molecule has 26 heavy (non-hydrogen) atoms. The van der Waals surface area contributed by atoms with Gasteiger partial charge in [0.2, 0.25) is 0 Å². The van der Waals surface area contributed by atoms with Crippen LogP contribution in [0.3, 0.4) is 0 Å². The van der Waals surface area contributed by atoms with Gasteiger partial charge in [-0.15, -0.1) is 0 Å². The van der Waals surface area contributed by atoms with E-state index in [1.165, 1.54) is 7.11 Å². The van der Waals surface area contributed by atoms with Crippen molar-refractivity contribution >= 4 is 21.6 Å². The minimum absolute atomic E-state index is 0.0622. The van der Waals surface area contributed by atoms with Crippen LogP contribution in [0.2, 0.25) is 0 Å². The highest BCUT2D eigenvalue weighted by Gasteiger charge is 2.53. The summed E-state index contributed by atoms with van der Waals surface area (Å²) in [5.74, 6) is -0.0631. The van der Waals surface area contributed by atoms with E-state index in [1.54, 1.807) is 4.90 Å². The Morgan fingerprint density at radius 3 is 2.65 bits per heavy atom. The van der Waals surface area contributed by atoms with Gasteiger partial charge >= 0.3 is 6.03 Å². The molecule has 2 heterocycles. The summed E-state index contributed by atoms with van der Waals surface area (Å²) >= 11 is 0. The van der Waals surface area contributed by atoms with Gasteiger partial charge in [0.25, 0.3) is 0 Å². The molecule has 0 radical (unpaired) electrons. The quantitative estimate of drug-likeness (QED) is 0.779. The van der Waals surface area contributed by atoms with Crippen LogP contribution in [0.1, 0.15) is 18.9 Å². The van der Waals surface area contributed by atoms with Crippen LogP contribution >= 0.6 is 0 Å². The summed E-state index contributed by atoms with van der Waals surface area (Å²) in [5.41, 5.74) is 2.06. The zero-order valence-corrected chi connectivity index (χ0v) is 16.1. The Hall–Kier alpha value is -1.80. The van der Waals surface area contributed by atoms with E-state index in [1.807, 2.05) is 24.3 Å². The summed E-state index contributed by atoms with van der Waals surface area (Å²) in [4.78, 5) is 14.0. The highest BCUT2D eigenvalue weighted by molar-refractivity contribution is 7.92. The number of sulfone groups is 1. The van der Waals surface area contributed by atoms with Crippen molar-refractivity contribution in [1.82, 2.24) is 10.2 Å². The Morgan fingerprint density at radius 1 is 1.27 bits per heavy atom. The van der Waals surface area contributed by atoms with Gasteiger partial charge in [-0.05, 0) is 24.1 Å². The number of urea groups is 1. The van der Waals surface area contributed by atoms with Crippen LogP contribution in [0.25, 0.3) is 0 Å². The molecule has 0 aromatic heterocycles. The molecule has 0 aliphatic carbocycles. The molecule has 3 atom stereocenters. The molecule has 0 spiro atoms. The van der Waals surface area contributed by atoms with E-state index in [4.69, 9.17) is 4.74 Å². The zero-order valence-electron chi connectivity index (χ0n) is 15.3. The number of nitrogens with one attached hydrogen (secondary N) is 2. The van der Waals surface area contributed by atoms with E-state index >= 15 is 0 Å². The third kappa shape index (κ3) is 3.96. The molecule has 0 unspecified atom stereocenters. The number of hydrogen-bond donors (Lipinski definition) is 2. The van der Waals surface area contributed by atoms with Crippen molar-refractivity contribution in [2.45, 2.75) is 31.2 Å². The number of amides is 2. The third-order valence-corrected chi connectivity index (χ3v) is 7.43. The second-order valence-electron chi connectivity index (χ2n) is 6.99. The fraction of sp³-hybridized carbons (Fsp3) is 0.611. The first-order valence-electron chi connectivity index (χ1n) is 9.04. The number of rotatable bonds is 6. The van der Waals surface area contributed by atoms with Crippen LogP contribution in [-0.2, 0) is 21.1 Å². The van der Waals surface area contributed by atoms with Crippen LogP contribution in [0.15, 0.2) is 24.3 Å². The van der Waals surface area contributed by atoms with Crippen LogP contribution in [0.4, 0.5) is 10.5 Å². The molecule has 144 valence electrons. The van der Waals surface area contributed by atoms with E-state index in [0.29, 0.717) is 13.1 Å². The fourth-order valence-electron chi connectivity index (χ4n) is 3.72. The Bertz CT molecular complexity index is 735.